The molecule has 2 aromatic rings. The number of benzene rings is 2. The van der Waals surface area contributed by atoms with E-state index in [1.807, 2.05) is 9.80 Å². The average Bonchev–Trinajstić information content (AvgIpc) is 2.85. The molecular weight excluding hydrogens is 563 g/mol. The fraction of sp³-hybridized carbons (Fsp3) is 0.500. The Labute approximate surface area is 226 Å². The Morgan fingerprint density at radius 3 is 2.18 bits per heavy atom. The Bertz CT molecular complexity index is 1350. The van der Waals surface area contributed by atoms with Gasteiger partial charge in [-0.05, 0) is 36.8 Å². The summed E-state index contributed by atoms with van der Waals surface area (Å²) < 4.78 is 92.0. The second kappa shape index (κ2) is 10.6. The van der Waals surface area contributed by atoms with Gasteiger partial charge in [-0.15, -0.1) is 12.6 Å². The SMILES string of the molecule is CC(O)(c1ccc(N2CCN(S(=O)(=O)c3ccccc3S)C[C@@H]2CN2CCS(=O)(=O)CC2)cc1)C(F)(F)F. The summed E-state index contributed by atoms with van der Waals surface area (Å²) in [7, 11) is -6.99. The summed E-state index contributed by atoms with van der Waals surface area (Å²) in [4.78, 5) is 4.29. The summed E-state index contributed by atoms with van der Waals surface area (Å²) in [5.41, 5.74) is -2.75. The van der Waals surface area contributed by atoms with Gasteiger partial charge >= 0.3 is 6.18 Å². The number of thiol groups is 1. The molecule has 0 bridgehead atoms. The lowest BCUT2D eigenvalue weighted by atomic mass is 9.95. The van der Waals surface area contributed by atoms with E-state index < -0.39 is 37.7 Å². The van der Waals surface area contributed by atoms with Crippen LogP contribution < -0.4 is 4.90 Å². The van der Waals surface area contributed by atoms with Gasteiger partial charge in [-0.25, -0.2) is 16.8 Å². The van der Waals surface area contributed by atoms with E-state index >= 15 is 0 Å². The summed E-state index contributed by atoms with van der Waals surface area (Å²) in [5, 5.41) is 10.0. The molecule has 14 heteroatoms. The number of alkyl halides is 3. The van der Waals surface area contributed by atoms with Crippen molar-refractivity contribution in [3.63, 3.8) is 0 Å². The normalized spacial score (nSPS) is 23.2. The highest BCUT2D eigenvalue weighted by atomic mass is 32.2. The molecule has 8 nitrogen and oxygen atoms in total. The molecule has 0 spiro atoms. The highest BCUT2D eigenvalue weighted by Gasteiger charge is 2.51. The van der Waals surface area contributed by atoms with Crippen molar-refractivity contribution in [1.82, 2.24) is 9.21 Å². The number of piperazine rings is 1. The molecule has 2 aliphatic rings. The molecule has 0 radical (unpaired) electrons. The average molecular weight is 594 g/mol. The van der Waals surface area contributed by atoms with Crippen LogP contribution in [-0.4, -0.2) is 94.1 Å². The van der Waals surface area contributed by atoms with Gasteiger partial charge in [0.15, 0.2) is 15.4 Å². The van der Waals surface area contributed by atoms with E-state index in [2.05, 4.69) is 12.6 Å². The van der Waals surface area contributed by atoms with Crippen molar-refractivity contribution in [1.29, 1.82) is 0 Å². The van der Waals surface area contributed by atoms with Crippen LogP contribution in [0.5, 0.6) is 0 Å². The molecule has 2 atom stereocenters. The molecule has 1 N–H and O–H groups in total. The van der Waals surface area contributed by atoms with E-state index in [1.165, 1.54) is 34.6 Å². The first-order chi connectivity index (χ1) is 17.6. The van der Waals surface area contributed by atoms with Crippen molar-refractivity contribution in [2.24, 2.45) is 0 Å². The number of sulfonamides is 1. The molecule has 0 aromatic heterocycles. The Morgan fingerprint density at radius 1 is 1.00 bits per heavy atom. The van der Waals surface area contributed by atoms with Gasteiger partial charge in [-0.1, -0.05) is 24.3 Å². The minimum absolute atomic E-state index is 0.00990. The third-order valence-corrected chi connectivity index (χ3v) is 11.2. The van der Waals surface area contributed by atoms with E-state index in [0.717, 1.165) is 0 Å². The number of rotatable bonds is 6. The molecular formula is C24H30F3N3O5S3. The van der Waals surface area contributed by atoms with Crippen molar-refractivity contribution in [3.05, 3.63) is 54.1 Å². The van der Waals surface area contributed by atoms with Gasteiger partial charge in [0.25, 0.3) is 0 Å². The lowest BCUT2D eigenvalue weighted by Gasteiger charge is -2.44. The van der Waals surface area contributed by atoms with Gasteiger partial charge in [0.1, 0.15) is 0 Å². The van der Waals surface area contributed by atoms with Gasteiger partial charge in [-0.2, -0.15) is 17.5 Å². The number of sulfone groups is 1. The molecule has 4 rings (SSSR count). The van der Waals surface area contributed by atoms with E-state index in [-0.39, 0.29) is 41.6 Å². The predicted octanol–water partition coefficient (Wildman–Crippen LogP) is 2.36. The molecule has 0 amide bonds. The first-order valence-electron chi connectivity index (χ1n) is 12.0. The van der Waals surface area contributed by atoms with Crippen LogP contribution in [0.3, 0.4) is 0 Å². The van der Waals surface area contributed by atoms with E-state index in [9.17, 15) is 35.1 Å². The van der Waals surface area contributed by atoms with Crippen molar-refractivity contribution in [2.45, 2.75) is 34.5 Å². The zero-order valence-corrected chi connectivity index (χ0v) is 23.2. The summed E-state index contributed by atoms with van der Waals surface area (Å²) in [6, 6.07) is 11.4. The van der Waals surface area contributed by atoms with Crippen LogP contribution >= 0.6 is 12.6 Å². The van der Waals surface area contributed by atoms with Crippen molar-refractivity contribution < 1.29 is 35.1 Å². The van der Waals surface area contributed by atoms with E-state index in [1.54, 1.807) is 18.2 Å². The predicted molar refractivity (Wildman–Crippen MR) is 141 cm³/mol. The summed E-state index contributed by atoms with van der Waals surface area (Å²) in [6.07, 6.45) is -4.85. The fourth-order valence-corrected chi connectivity index (χ4v) is 8.06. The fourth-order valence-electron chi connectivity index (χ4n) is 4.73. The first-order valence-corrected chi connectivity index (χ1v) is 15.7. The van der Waals surface area contributed by atoms with Crippen LogP contribution in [0.2, 0.25) is 0 Å². The molecule has 2 aromatic carbocycles. The second-order valence-electron chi connectivity index (χ2n) is 9.75. The number of hydrogen-bond acceptors (Lipinski definition) is 8. The zero-order valence-electron chi connectivity index (χ0n) is 20.7. The maximum absolute atomic E-state index is 13.5. The number of anilines is 1. The summed E-state index contributed by atoms with van der Waals surface area (Å²) >= 11 is 4.30. The summed E-state index contributed by atoms with van der Waals surface area (Å²) in [6.45, 7) is 2.18. The lowest BCUT2D eigenvalue weighted by molar-refractivity contribution is -0.258. The van der Waals surface area contributed by atoms with Crippen LogP contribution in [0.1, 0.15) is 12.5 Å². The van der Waals surface area contributed by atoms with Crippen molar-refractivity contribution >= 4 is 38.2 Å². The Kier molecular flexibility index (Phi) is 8.15. The van der Waals surface area contributed by atoms with Crippen molar-refractivity contribution in [2.75, 3.05) is 55.7 Å². The minimum atomic E-state index is -4.85. The maximum Gasteiger partial charge on any atom is 0.421 e. The van der Waals surface area contributed by atoms with E-state index in [0.29, 0.717) is 37.1 Å². The van der Waals surface area contributed by atoms with E-state index in [4.69, 9.17) is 0 Å². The van der Waals surface area contributed by atoms with Crippen molar-refractivity contribution in [3.8, 4) is 0 Å². The maximum atomic E-state index is 13.5. The standard InChI is InChI=1S/C24H30F3N3O5S3/c1-23(31,24(25,26)27)18-6-8-19(9-7-18)30-11-10-29(38(34,35)22-5-3-2-4-21(22)36)17-20(30)16-28-12-14-37(32,33)15-13-28/h2-9,20,31,36H,10-17H2,1H3/t20-,23?/m0/s1. The monoisotopic (exact) mass is 593 g/mol. The van der Waals surface area contributed by atoms with Gasteiger partial charge in [-0.3, -0.25) is 4.90 Å². The molecule has 1 unspecified atom stereocenters. The number of nitrogens with zero attached hydrogens (tertiary/aromatic N) is 3. The highest BCUT2D eigenvalue weighted by molar-refractivity contribution is 7.91. The molecule has 2 fully saturated rings. The molecule has 2 saturated heterocycles. The van der Waals surface area contributed by atoms with Gasteiger partial charge in [0, 0.05) is 49.9 Å². The van der Waals surface area contributed by atoms with Gasteiger partial charge < -0.3 is 10.0 Å². The van der Waals surface area contributed by atoms with Crippen LogP contribution in [0.4, 0.5) is 18.9 Å². The van der Waals surface area contributed by atoms with Crippen LogP contribution in [0, 0.1) is 0 Å². The third-order valence-electron chi connectivity index (χ3n) is 7.15. The summed E-state index contributed by atoms with van der Waals surface area (Å²) in [5.74, 6) is 0.0198. The highest BCUT2D eigenvalue weighted by Crippen LogP contribution is 2.39. The Balaban J connectivity index is 1.61. The molecule has 0 saturated carbocycles. The smallest absolute Gasteiger partial charge is 0.376 e. The lowest BCUT2D eigenvalue weighted by Crippen LogP contribution is -2.59. The van der Waals surface area contributed by atoms with Gasteiger partial charge in [0.05, 0.1) is 22.4 Å². The molecule has 2 aliphatic heterocycles. The number of aliphatic hydroxyl groups is 1. The van der Waals surface area contributed by atoms with Gasteiger partial charge in [0.2, 0.25) is 10.0 Å². The molecule has 2 heterocycles. The Hall–Kier alpha value is -1.84. The second-order valence-corrected chi connectivity index (χ2v) is 14.4. The minimum Gasteiger partial charge on any atom is -0.376 e. The zero-order chi connectivity index (χ0) is 27.9. The quantitative estimate of drug-likeness (QED) is 0.497. The largest absolute Gasteiger partial charge is 0.421 e. The van der Waals surface area contributed by atoms with Crippen LogP contribution in [0.15, 0.2) is 58.3 Å². The third kappa shape index (κ3) is 5.99. The van der Waals surface area contributed by atoms with Crippen LogP contribution in [-0.2, 0) is 25.5 Å². The number of hydrogen-bond donors (Lipinski definition) is 2. The molecule has 0 aliphatic carbocycles. The number of halogens is 3. The first kappa shape index (κ1) is 29.2. The molecule has 210 valence electrons. The topological polar surface area (TPSA) is 98.2 Å². The molecule has 38 heavy (non-hydrogen) atoms. The van der Waals surface area contributed by atoms with Crippen LogP contribution in [0.25, 0.3) is 0 Å². The Morgan fingerprint density at radius 2 is 1.61 bits per heavy atom.